The molecule has 4 N–H and O–H groups in total. The van der Waals surface area contributed by atoms with Gasteiger partial charge in [-0.3, -0.25) is 9.59 Å². The third-order valence-electron chi connectivity index (χ3n) is 2.63. The SMILES string of the molecule is C=CC.NCC(=O)N[C@H](C=O)C[C@@H]1CCCNC1=O. The van der Waals surface area contributed by atoms with E-state index in [2.05, 4.69) is 17.2 Å². The van der Waals surface area contributed by atoms with Gasteiger partial charge in [-0.15, -0.1) is 6.58 Å². The van der Waals surface area contributed by atoms with Crippen LogP contribution >= 0.6 is 0 Å². The number of aldehydes is 1. The van der Waals surface area contributed by atoms with Gasteiger partial charge in [0.2, 0.25) is 11.8 Å². The zero-order valence-corrected chi connectivity index (χ0v) is 11.4. The molecule has 1 rings (SSSR count). The number of hydrogen-bond donors (Lipinski definition) is 3. The third kappa shape index (κ3) is 7.35. The summed E-state index contributed by atoms with van der Waals surface area (Å²) >= 11 is 0. The molecule has 0 aromatic rings. The van der Waals surface area contributed by atoms with Crippen molar-refractivity contribution >= 4 is 18.1 Å². The van der Waals surface area contributed by atoms with E-state index in [0.717, 1.165) is 12.8 Å². The molecule has 6 nitrogen and oxygen atoms in total. The average molecular weight is 269 g/mol. The molecule has 1 saturated heterocycles. The molecule has 0 unspecified atom stereocenters. The first-order valence-electron chi connectivity index (χ1n) is 6.38. The van der Waals surface area contributed by atoms with E-state index in [9.17, 15) is 14.4 Å². The van der Waals surface area contributed by atoms with Crippen LogP contribution in [0.4, 0.5) is 0 Å². The highest BCUT2D eigenvalue weighted by molar-refractivity contribution is 5.82. The Labute approximate surface area is 113 Å². The Morgan fingerprint density at radius 2 is 2.32 bits per heavy atom. The van der Waals surface area contributed by atoms with Gasteiger partial charge in [0.1, 0.15) is 6.29 Å². The molecule has 19 heavy (non-hydrogen) atoms. The minimum absolute atomic E-state index is 0.0416. The van der Waals surface area contributed by atoms with E-state index < -0.39 is 6.04 Å². The molecule has 2 amide bonds. The molecule has 0 radical (unpaired) electrons. The molecule has 1 fully saturated rings. The molecule has 2 atom stereocenters. The van der Waals surface area contributed by atoms with Gasteiger partial charge in [-0.05, 0) is 26.2 Å². The van der Waals surface area contributed by atoms with Gasteiger partial charge in [0, 0.05) is 12.5 Å². The fourth-order valence-corrected chi connectivity index (χ4v) is 1.78. The van der Waals surface area contributed by atoms with Crippen LogP contribution in [0.1, 0.15) is 26.2 Å². The first kappa shape index (κ1) is 17.3. The van der Waals surface area contributed by atoms with Crippen LogP contribution in [0.15, 0.2) is 12.7 Å². The smallest absolute Gasteiger partial charge is 0.234 e. The highest BCUT2D eigenvalue weighted by Crippen LogP contribution is 2.16. The Morgan fingerprint density at radius 1 is 1.68 bits per heavy atom. The van der Waals surface area contributed by atoms with Gasteiger partial charge in [-0.25, -0.2) is 0 Å². The van der Waals surface area contributed by atoms with Crippen LogP contribution < -0.4 is 16.4 Å². The third-order valence-corrected chi connectivity index (χ3v) is 2.63. The summed E-state index contributed by atoms with van der Waals surface area (Å²) in [6, 6.07) is -0.620. The van der Waals surface area contributed by atoms with Crippen LogP contribution in [0.25, 0.3) is 0 Å². The molecule has 1 heterocycles. The lowest BCUT2D eigenvalue weighted by molar-refractivity contribution is -0.128. The Bertz CT molecular complexity index is 318. The number of carbonyl (C=O) groups is 3. The van der Waals surface area contributed by atoms with Crippen molar-refractivity contribution in [1.82, 2.24) is 10.6 Å². The van der Waals surface area contributed by atoms with Gasteiger partial charge < -0.3 is 21.2 Å². The maximum absolute atomic E-state index is 11.4. The first-order chi connectivity index (χ1) is 9.08. The van der Waals surface area contributed by atoms with Gasteiger partial charge in [-0.1, -0.05) is 6.08 Å². The van der Waals surface area contributed by atoms with Crippen molar-refractivity contribution in [1.29, 1.82) is 0 Å². The number of amides is 2. The molecular formula is C13H23N3O3. The summed E-state index contributed by atoms with van der Waals surface area (Å²) in [6.45, 7) is 5.79. The second-order valence-corrected chi connectivity index (χ2v) is 4.29. The number of nitrogens with one attached hydrogen (secondary N) is 2. The van der Waals surface area contributed by atoms with E-state index in [4.69, 9.17) is 5.73 Å². The summed E-state index contributed by atoms with van der Waals surface area (Å²) in [4.78, 5) is 33.2. The molecule has 0 aromatic carbocycles. The molecule has 6 heteroatoms. The minimum Gasteiger partial charge on any atom is -0.356 e. The maximum atomic E-state index is 11.4. The lowest BCUT2D eigenvalue weighted by Gasteiger charge is -2.24. The Morgan fingerprint density at radius 3 is 2.79 bits per heavy atom. The second kappa shape index (κ2) is 10.3. The van der Waals surface area contributed by atoms with Crippen molar-refractivity contribution in [3.63, 3.8) is 0 Å². The van der Waals surface area contributed by atoms with E-state index in [1.807, 2.05) is 6.92 Å². The molecule has 108 valence electrons. The van der Waals surface area contributed by atoms with Crippen molar-refractivity contribution in [3.8, 4) is 0 Å². The number of nitrogens with two attached hydrogens (primary N) is 1. The number of carbonyl (C=O) groups excluding carboxylic acids is 3. The normalized spacial score (nSPS) is 19.3. The molecule has 0 saturated carbocycles. The fraction of sp³-hybridized carbons (Fsp3) is 0.615. The van der Waals surface area contributed by atoms with Crippen molar-refractivity contribution in [3.05, 3.63) is 12.7 Å². The maximum Gasteiger partial charge on any atom is 0.234 e. The van der Waals surface area contributed by atoms with E-state index in [1.54, 1.807) is 6.08 Å². The summed E-state index contributed by atoms with van der Waals surface area (Å²) in [6.07, 6.45) is 4.41. The van der Waals surface area contributed by atoms with Crippen molar-refractivity contribution < 1.29 is 14.4 Å². The van der Waals surface area contributed by atoms with Gasteiger partial charge in [0.25, 0.3) is 0 Å². The van der Waals surface area contributed by atoms with Crippen molar-refractivity contribution in [2.24, 2.45) is 11.7 Å². The highest BCUT2D eigenvalue weighted by Gasteiger charge is 2.25. The Kier molecular flexibility index (Phi) is 9.34. The van der Waals surface area contributed by atoms with Crippen LogP contribution in [0.5, 0.6) is 0 Å². The summed E-state index contributed by atoms with van der Waals surface area (Å²) in [5, 5.41) is 5.21. The van der Waals surface area contributed by atoms with Crippen LogP contribution in [0.3, 0.4) is 0 Å². The molecule has 0 aliphatic carbocycles. The number of hydrogen-bond acceptors (Lipinski definition) is 4. The van der Waals surface area contributed by atoms with Gasteiger partial charge in [0.05, 0.1) is 12.6 Å². The lowest BCUT2D eigenvalue weighted by Crippen LogP contribution is -2.44. The topological polar surface area (TPSA) is 101 Å². The largest absolute Gasteiger partial charge is 0.356 e. The first-order valence-corrected chi connectivity index (χ1v) is 6.38. The number of allylic oxidation sites excluding steroid dienone is 1. The summed E-state index contributed by atoms with van der Waals surface area (Å²) in [7, 11) is 0. The monoisotopic (exact) mass is 269 g/mol. The van der Waals surface area contributed by atoms with Crippen LogP contribution in [-0.2, 0) is 14.4 Å². The van der Waals surface area contributed by atoms with Crippen LogP contribution in [-0.4, -0.2) is 37.2 Å². The highest BCUT2D eigenvalue weighted by atomic mass is 16.2. The van der Waals surface area contributed by atoms with E-state index in [1.165, 1.54) is 0 Å². The molecule has 0 aromatic heterocycles. The Hall–Kier alpha value is -1.69. The number of piperidine rings is 1. The summed E-state index contributed by atoms with van der Waals surface area (Å²) in [5.41, 5.74) is 5.13. The van der Waals surface area contributed by atoms with Crippen LogP contribution in [0.2, 0.25) is 0 Å². The van der Waals surface area contributed by atoms with Gasteiger partial charge >= 0.3 is 0 Å². The zero-order chi connectivity index (χ0) is 14.7. The van der Waals surface area contributed by atoms with E-state index in [0.29, 0.717) is 19.3 Å². The van der Waals surface area contributed by atoms with E-state index >= 15 is 0 Å². The van der Waals surface area contributed by atoms with Gasteiger partial charge in [0.15, 0.2) is 0 Å². The minimum atomic E-state index is -0.620. The predicted molar refractivity (Wildman–Crippen MR) is 73.3 cm³/mol. The predicted octanol–water partition coefficient (Wildman–Crippen LogP) is -0.263. The molecule has 0 spiro atoms. The molecule has 1 aliphatic heterocycles. The average Bonchev–Trinajstić information content (AvgIpc) is 2.41. The van der Waals surface area contributed by atoms with E-state index in [-0.39, 0.29) is 24.3 Å². The standard InChI is InChI=1S/C10H17N3O3.C3H6/c11-5-9(15)13-8(6-14)4-7-2-1-3-12-10(7)16;1-3-2/h6-8H,1-5,11H2,(H,12,16)(H,13,15);3H,1H2,2H3/t7-,8-;/m0./s1. The zero-order valence-electron chi connectivity index (χ0n) is 11.4. The summed E-state index contributed by atoms with van der Waals surface area (Å²) < 4.78 is 0. The molecule has 1 aliphatic rings. The number of rotatable bonds is 5. The molecule has 0 bridgehead atoms. The van der Waals surface area contributed by atoms with Gasteiger partial charge in [-0.2, -0.15) is 0 Å². The Balaban J connectivity index is 0.000000982. The fourth-order valence-electron chi connectivity index (χ4n) is 1.78. The van der Waals surface area contributed by atoms with Crippen molar-refractivity contribution in [2.75, 3.05) is 13.1 Å². The molecular weight excluding hydrogens is 246 g/mol. The quantitative estimate of drug-likeness (QED) is 0.472. The van der Waals surface area contributed by atoms with Crippen LogP contribution in [0, 0.1) is 5.92 Å². The van der Waals surface area contributed by atoms with Crippen molar-refractivity contribution in [2.45, 2.75) is 32.2 Å². The summed E-state index contributed by atoms with van der Waals surface area (Å²) in [5.74, 6) is -0.615. The second-order valence-electron chi connectivity index (χ2n) is 4.29. The lowest BCUT2D eigenvalue weighted by atomic mass is 9.92.